The third kappa shape index (κ3) is 2.59. The van der Waals surface area contributed by atoms with Gasteiger partial charge in [-0.2, -0.15) is 5.26 Å². The lowest BCUT2D eigenvalue weighted by Gasteiger charge is -2.11. The molecule has 0 aliphatic heterocycles. The Bertz CT molecular complexity index is 538. The summed E-state index contributed by atoms with van der Waals surface area (Å²) in [6, 6.07) is 2.75. The van der Waals surface area contributed by atoms with Gasteiger partial charge in [-0.05, 0) is 30.9 Å². The molecule has 1 amide bonds. The van der Waals surface area contributed by atoms with E-state index in [2.05, 4.69) is 5.32 Å². The van der Waals surface area contributed by atoms with Crippen molar-refractivity contribution in [3.63, 3.8) is 0 Å². The lowest BCUT2D eigenvalue weighted by molar-refractivity contribution is 0.0937. The fourth-order valence-electron chi connectivity index (χ4n) is 1.60. The second kappa shape index (κ2) is 4.91. The van der Waals surface area contributed by atoms with Gasteiger partial charge in [0, 0.05) is 0 Å². The fourth-order valence-corrected chi connectivity index (χ4v) is 1.75. The van der Waals surface area contributed by atoms with Crippen LogP contribution in [0, 0.1) is 28.9 Å². The Kier molecular flexibility index (Phi) is 3.48. The van der Waals surface area contributed by atoms with Crippen LogP contribution in [-0.2, 0) is 0 Å². The van der Waals surface area contributed by atoms with E-state index in [-0.39, 0.29) is 10.9 Å². The number of benzene rings is 1. The highest BCUT2D eigenvalue weighted by atomic mass is 35.5. The second-order valence-corrected chi connectivity index (χ2v) is 4.57. The molecule has 1 aliphatic rings. The summed E-state index contributed by atoms with van der Waals surface area (Å²) in [4.78, 5) is 11.7. The normalized spacial score (nSPS) is 15.9. The second-order valence-electron chi connectivity index (χ2n) is 4.16. The van der Waals surface area contributed by atoms with E-state index in [9.17, 15) is 13.6 Å². The van der Waals surface area contributed by atoms with Crippen LogP contribution < -0.4 is 5.32 Å². The molecular weight excluding hydrogens is 262 g/mol. The van der Waals surface area contributed by atoms with Gasteiger partial charge in [0.15, 0.2) is 0 Å². The fraction of sp³-hybridized carbons (Fsp3) is 0.333. The first-order valence-electron chi connectivity index (χ1n) is 5.38. The van der Waals surface area contributed by atoms with E-state index in [1.165, 1.54) is 0 Å². The van der Waals surface area contributed by atoms with Gasteiger partial charge in [0.25, 0.3) is 5.91 Å². The Hall–Kier alpha value is -1.67. The molecule has 0 saturated heterocycles. The van der Waals surface area contributed by atoms with Crippen LogP contribution in [0.25, 0.3) is 0 Å². The molecule has 0 heterocycles. The predicted molar refractivity (Wildman–Crippen MR) is 61.0 cm³/mol. The summed E-state index contributed by atoms with van der Waals surface area (Å²) in [6.45, 7) is 0. The Morgan fingerprint density at radius 1 is 1.44 bits per heavy atom. The number of hydrogen-bond acceptors (Lipinski definition) is 2. The molecule has 1 aromatic rings. The number of hydrogen-bond donors (Lipinski definition) is 1. The molecule has 18 heavy (non-hydrogen) atoms. The topological polar surface area (TPSA) is 52.9 Å². The number of carbonyl (C=O) groups is 1. The number of nitrogens with zero attached hydrogens (tertiary/aromatic N) is 1. The van der Waals surface area contributed by atoms with E-state index < -0.39 is 29.1 Å². The minimum Gasteiger partial charge on any atom is -0.336 e. The molecule has 0 bridgehead atoms. The zero-order valence-corrected chi connectivity index (χ0v) is 9.97. The van der Waals surface area contributed by atoms with Gasteiger partial charge in [-0.25, -0.2) is 8.78 Å². The Labute approximate surface area is 107 Å². The third-order valence-electron chi connectivity index (χ3n) is 2.77. The Balaban J connectivity index is 2.18. The van der Waals surface area contributed by atoms with Crippen molar-refractivity contribution < 1.29 is 13.6 Å². The molecule has 0 aromatic heterocycles. The largest absolute Gasteiger partial charge is 0.336 e. The van der Waals surface area contributed by atoms with Crippen LogP contribution in [-0.4, -0.2) is 11.9 Å². The van der Waals surface area contributed by atoms with E-state index in [0.717, 1.165) is 25.0 Å². The van der Waals surface area contributed by atoms with Gasteiger partial charge in [0.2, 0.25) is 0 Å². The van der Waals surface area contributed by atoms with Crippen LogP contribution in [0.4, 0.5) is 8.78 Å². The first-order chi connectivity index (χ1) is 8.52. The summed E-state index contributed by atoms with van der Waals surface area (Å²) in [7, 11) is 0. The highest BCUT2D eigenvalue weighted by molar-refractivity contribution is 6.30. The van der Waals surface area contributed by atoms with Gasteiger partial charge in [0.05, 0.1) is 16.7 Å². The lowest BCUT2D eigenvalue weighted by atomic mass is 10.1. The van der Waals surface area contributed by atoms with Crippen LogP contribution in [0.3, 0.4) is 0 Å². The number of rotatable bonds is 3. The molecule has 0 radical (unpaired) electrons. The van der Waals surface area contributed by atoms with Gasteiger partial charge in [-0.3, -0.25) is 4.79 Å². The van der Waals surface area contributed by atoms with Crippen molar-refractivity contribution in [2.45, 2.75) is 18.9 Å². The first-order valence-corrected chi connectivity index (χ1v) is 5.75. The number of nitriles is 1. The molecule has 3 nitrogen and oxygen atoms in total. The summed E-state index contributed by atoms with van der Waals surface area (Å²) in [6.07, 6.45) is 1.71. The molecule has 1 unspecified atom stereocenters. The van der Waals surface area contributed by atoms with E-state index in [4.69, 9.17) is 16.9 Å². The van der Waals surface area contributed by atoms with Gasteiger partial charge in [-0.15, -0.1) is 0 Å². The Morgan fingerprint density at radius 3 is 2.67 bits per heavy atom. The van der Waals surface area contributed by atoms with Crippen molar-refractivity contribution >= 4 is 17.5 Å². The van der Waals surface area contributed by atoms with Crippen LogP contribution in [0.1, 0.15) is 23.2 Å². The van der Waals surface area contributed by atoms with Crippen molar-refractivity contribution in [2.24, 2.45) is 5.92 Å². The van der Waals surface area contributed by atoms with E-state index in [1.54, 1.807) is 0 Å². The lowest BCUT2D eigenvalue weighted by Crippen LogP contribution is -2.35. The summed E-state index contributed by atoms with van der Waals surface area (Å²) in [5.74, 6) is -2.48. The van der Waals surface area contributed by atoms with Crippen LogP contribution in [0.5, 0.6) is 0 Å². The minimum absolute atomic E-state index is 0.110. The summed E-state index contributed by atoms with van der Waals surface area (Å²) in [5, 5.41) is 10.8. The predicted octanol–water partition coefficient (Wildman–Crippen LogP) is 2.65. The van der Waals surface area contributed by atoms with E-state index in [1.807, 2.05) is 6.07 Å². The SMILES string of the molecule is N#CC(NC(=O)c1cc(F)c(Cl)cc1F)C1CC1. The summed E-state index contributed by atoms with van der Waals surface area (Å²) >= 11 is 5.39. The molecule has 1 aliphatic carbocycles. The van der Waals surface area contributed by atoms with Crippen LogP contribution in [0.2, 0.25) is 5.02 Å². The number of amides is 1. The molecule has 1 fully saturated rings. The molecule has 1 atom stereocenters. The third-order valence-corrected chi connectivity index (χ3v) is 3.06. The van der Waals surface area contributed by atoms with Crippen molar-refractivity contribution in [2.75, 3.05) is 0 Å². The highest BCUT2D eigenvalue weighted by Crippen LogP contribution is 2.32. The maximum Gasteiger partial charge on any atom is 0.255 e. The van der Waals surface area contributed by atoms with Crippen molar-refractivity contribution in [3.05, 3.63) is 34.4 Å². The van der Waals surface area contributed by atoms with Gasteiger partial charge < -0.3 is 5.32 Å². The summed E-state index contributed by atoms with van der Waals surface area (Å²) < 4.78 is 26.6. The number of nitrogens with one attached hydrogen (secondary N) is 1. The van der Waals surface area contributed by atoms with E-state index in [0.29, 0.717) is 0 Å². The smallest absolute Gasteiger partial charge is 0.255 e. The van der Waals surface area contributed by atoms with Gasteiger partial charge in [0.1, 0.15) is 17.7 Å². The zero-order valence-electron chi connectivity index (χ0n) is 9.21. The number of halogens is 3. The van der Waals surface area contributed by atoms with Crippen molar-refractivity contribution in [1.29, 1.82) is 5.26 Å². The van der Waals surface area contributed by atoms with Crippen LogP contribution in [0.15, 0.2) is 12.1 Å². The summed E-state index contributed by atoms with van der Waals surface area (Å²) in [5.41, 5.74) is -0.446. The number of carbonyl (C=O) groups excluding carboxylic acids is 1. The molecule has 0 spiro atoms. The average Bonchev–Trinajstić information content (AvgIpc) is 3.14. The quantitative estimate of drug-likeness (QED) is 0.859. The maximum atomic E-state index is 13.5. The average molecular weight is 271 g/mol. The molecule has 1 aromatic carbocycles. The first kappa shape index (κ1) is 12.8. The monoisotopic (exact) mass is 270 g/mol. The molecular formula is C12H9ClF2N2O. The standard InChI is InChI=1S/C12H9ClF2N2O/c13-8-4-9(14)7(3-10(8)15)12(18)17-11(5-16)6-1-2-6/h3-4,6,11H,1-2H2,(H,17,18). The van der Waals surface area contributed by atoms with Crippen LogP contribution >= 0.6 is 11.6 Å². The zero-order chi connectivity index (χ0) is 13.3. The maximum absolute atomic E-state index is 13.5. The highest BCUT2D eigenvalue weighted by Gasteiger charge is 2.33. The van der Waals surface area contributed by atoms with Gasteiger partial charge >= 0.3 is 0 Å². The molecule has 1 saturated carbocycles. The molecule has 2 rings (SSSR count). The minimum atomic E-state index is -0.911. The Morgan fingerprint density at radius 2 is 2.11 bits per heavy atom. The molecule has 94 valence electrons. The van der Waals surface area contributed by atoms with Crippen molar-refractivity contribution in [3.8, 4) is 6.07 Å². The molecule has 6 heteroatoms. The molecule has 1 N–H and O–H groups in total. The van der Waals surface area contributed by atoms with Crippen molar-refractivity contribution in [1.82, 2.24) is 5.32 Å². The van der Waals surface area contributed by atoms with E-state index >= 15 is 0 Å². The van der Waals surface area contributed by atoms with Gasteiger partial charge in [-0.1, -0.05) is 11.6 Å².